The average Bonchev–Trinajstić information content (AvgIpc) is 2.96. The maximum Gasteiger partial charge on any atom is 0.341 e. The number of carbonyl (C=O) groups is 2. The molecule has 0 saturated carbocycles. The quantitative estimate of drug-likeness (QED) is 0.534. The number of aliphatic carboxylic acids is 1. The molecule has 1 fully saturated rings. The topological polar surface area (TPSA) is 99.4 Å². The van der Waals surface area contributed by atoms with Gasteiger partial charge in [-0.05, 0) is 36.0 Å². The lowest BCUT2D eigenvalue weighted by Crippen LogP contribution is -2.29. The summed E-state index contributed by atoms with van der Waals surface area (Å²) in [5.74, 6) is -0.889. The average molecular weight is 410 g/mol. The fraction of sp³-hybridized carbons (Fsp3) is 0.0952. The highest BCUT2D eigenvalue weighted by Gasteiger charge is 2.32. The molecule has 0 aliphatic carbocycles. The summed E-state index contributed by atoms with van der Waals surface area (Å²) >= 11 is 1.18. The van der Waals surface area contributed by atoms with E-state index in [-0.39, 0.29) is 18.2 Å². The SMILES string of the molecule is C=CCN1C(=O)/C(=C/c2ccccc2OCC(=O)O)SC1=Nc1cccc(O)c1. The summed E-state index contributed by atoms with van der Waals surface area (Å²) in [7, 11) is 0. The number of amides is 1. The first-order chi connectivity index (χ1) is 14.0. The molecule has 0 aromatic heterocycles. The van der Waals surface area contributed by atoms with E-state index < -0.39 is 12.6 Å². The highest BCUT2D eigenvalue weighted by molar-refractivity contribution is 8.18. The maximum atomic E-state index is 12.9. The lowest BCUT2D eigenvalue weighted by atomic mass is 10.2. The zero-order chi connectivity index (χ0) is 20.8. The molecule has 2 aromatic carbocycles. The minimum atomic E-state index is -1.09. The number of carbonyl (C=O) groups excluding carboxylic acids is 1. The third-order valence-electron chi connectivity index (χ3n) is 3.81. The second-order valence-electron chi connectivity index (χ2n) is 5.95. The molecule has 8 heteroatoms. The molecule has 1 amide bonds. The van der Waals surface area contributed by atoms with E-state index in [2.05, 4.69) is 11.6 Å². The van der Waals surface area contributed by atoms with Gasteiger partial charge in [0, 0.05) is 18.2 Å². The van der Waals surface area contributed by atoms with Gasteiger partial charge in [0.25, 0.3) is 5.91 Å². The molecule has 148 valence electrons. The first-order valence-corrected chi connectivity index (χ1v) is 9.43. The summed E-state index contributed by atoms with van der Waals surface area (Å²) in [6.07, 6.45) is 3.24. The summed E-state index contributed by atoms with van der Waals surface area (Å²) < 4.78 is 5.30. The summed E-state index contributed by atoms with van der Waals surface area (Å²) in [5, 5.41) is 18.9. The second kappa shape index (κ2) is 9.11. The van der Waals surface area contributed by atoms with Crippen LogP contribution in [-0.4, -0.2) is 45.3 Å². The molecule has 1 aliphatic rings. The predicted molar refractivity (Wildman–Crippen MR) is 112 cm³/mol. The third kappa shape index (κ3) is 5.05. The minimum Gasteiger partial charge on any atom is -0.508 e. The second-order valence-corrected chi connectivity index (χ2v) is 6.96. The molecule has 1 heterocycles. The zero-order valence-corrected chi connectivity index (χ0v) is 16.1. The van der Waals surface area contributed by atoms with Crippen molar-refractivity contribution in [3.63, 3.8) is 0 Å². The number of rotatable bonds is 7. The third-order valence-corrected chi connectivity index (χ3v) is 4.82. The van der Waals surface area contributed by atoms with E-state index in [0.717, 1.165) is 0 Å². The van der Waals surface area contributed by atoms with Crippen molar-refractivity contribution < 1.29 is 24.5 Å². The monoisotopic (exact) mass is 410 g/mol. The Balaban J connectivity index is 1.94. The molecule has 7 nitrogen and oxygen atoms in total. The Labute approximate surface area is 171 Å². The number of carboxylic acid groups (broad SMARTS) is 1. The maximum absolute atomic E-state index is 12.9. The van der Waals surface area contributed by atoms with Gasteiger partial charge in [-0.15, -0.1) is 6.58 Å². The molecule has 0 unspecified atom stereocenters. The van der Waals surface area contributed by atoms with Gasteiger partial charge in [-0.25, -0.2) is 9.79 Å². The number of phenols is 1. The standard InChI is InChI=1S/C21H18N2O5S/c1-2-10-23-20(27)18(29-21(23)22-15-7-5-8-16(24)12-15)11-14-6-3-4-9-17(14)28-13-19(25)26/h2-9,11-12,24H,1,10,13H2,(H,25,26)/b18-11-,22-21?. The summed E-state index contributed by atoms with van der Waals surface area (Å²) in [5.41, 5.74) is 1.10. The van der Waals surface area contributed by atoms with E-state index in [4.69, 9.17) is 9.84 Å². The van der Waals surface area contributed by atoms with E-state index in [1.54, 1.807) is 48.6 Å². The Bertz CT molecular complexity index is 1020. The molecule has 29 heavy (non-hydrogen) atoms. The first kappa shape index (κ1) is 20.2. The van der Waals surface area contributed by atoms with Gasteiger partial charge in [0.05, 0.1) is 10.6 Å². The van der Waals surface area contributed by atoms with Crippen LogP contribution in [0.2, 0.25) is 0 Å². The van der Waals surface area contributed by atoms with Crippen LogP contribution in [0.3, 0.4) is 0 Å². The van der Waals surface area contributed by atoms with Crippen molar-refractivity contribution in [3.8, 4) is 11.5 Å². The predicted octanol–water partition coefficient (Wildman–Crippen LogP) is 3.65. The van der Waals surface area contributed by atoms with Gasteiger partial charge >= 0.3 is 5.97 Å². The number of aromatic hydroxyl groups is 1. The van der Waals surface area contributed by atoms with Gasteiger partial charge in [-0.2, -0.15) is 0 Å². The van der Waals surface area contributed by atoms with Crippen molar-refractivity contribution in [2.75, 3.05) is 13.2 Å². The minimum absolute atomic E-state index is 0.0803. The number of phenolic OH excluding ortho intramolecular Hbond substituents is 1. The number of nitrogens with zero attached hydrogens (tertiary/aromatic N) is 2. The molecule has 0 bridgehead atoms. The van der Waals surface area contributed by atoms with Crippen LogP contribution in [0.4, 0.5) is 5.69 Å². The van der Waals surface area contributed by atoms with Crippen molar-refractivity contribution in [1.82, 2.24) is 4.90 Å². The molecular weight excluding hydrogens is 392 g/mol. The molecule has 0 spiro atoms. The van der Waals surface area contributed by atoms with E-state index in [9.17, 15) is 14.7 Å². The highest BCUT2D eigenvalue weighted by Crippen LogP contribution is 2.35. The molecule has 1 saturated heterocycles. The van der Waals surface area contributed by atoms with Crippen molar-refractivity contribution >= 4 is 40.6 Å². The van der Waals surface area contributed by atoms with Crippen LogP contribution >= 0.6 is 11.8 Å². The van der Waals surface area contributed by atoms with E-state index in [1.807, 2.05) is 0 Å². The lowest BCUT2D eigenvalue weighted by molar-refractivity contribution is -0.139. The molecular formula is C21H18N2O5S. The molecule has 1 aliphatic heterocycles. The number of para-hydroxylation sites is 1. The summed E-state index contributed by atoms with van der Waals surface area (Å²) in [6.45, 7) is 3.48. The summed E-state index contributed by atoms with van der Waals surface area (Å²) in [6, 6.07) is 13.3. The Kier molecular flexibility index (Phi) is 6.36. The fourth-order valence-corrected chi connectivity index (χ4v) is 3.57. The first-order valence-electron chi connectivity index (χ1n) is 8.61. The van der Waals surface area contributed by atoms with Crippen LogP contribution < -0.4 is 4.74 Å². The smallest absolute Gasteiger partial charge is 0.341 e. The number of aliphatic imine (C=N–C) groups is 1. The van der Waals surface area contributed by atoms with Crippen molar-refractivity contribution in [2.24, 2.45) is 4.99 Å². The normalized spacial score (nSPS) is 16.4. The Hall–Kier alpha value is -3.52. The van der Waals surface area contributed by atoms with Gasteiger partial charge in [-0.1, -0.05) is 30.3 Å². The highest BCUT2D eigenvalue weighted by atomic mass is 32.2. The van der Waals surface area contributed by atoms with Gasteiger partial charge in [0.1, 0.15) is 11.5 Å². The molecule has 0 atom stereocenters. The number of amidine groups is 1. The van der Waals surface area contributed by atoms with Crippen molar-refractivity contribution in [2.45, 2.75) is 0 Å². The molecule has 2 aromatic rings. The van der Waals surface area contributed by atoms with E-state index >= 15 is 0 Å². The molecule has 2 N–H and O–H groups in total. The molecule has 3 rings (SSSR count). The van der Waals surface area contributed by atoms with Gasteiger partial charge < -0.3 is 14.9 Å². The van der Waals surface area contributed by atoms with Crippen molar-refractivity contribution in [3.05, 3.63) is 71.7 Å². The van der Waals surface area contributed by atoms with Crippen LogP contribution in [0.1, 0.15) is 5.56 Å². The van der Waals surface area contributed by atoms with E-state index in [1.165, 1.54) is 28.8 Å². The number of hydrogen-bond acceptors (Lipinski definition) is 6. The van der Waals surface area contributed by atoms with Crippen LogP contribution in [-0.2, 0) is 9.59 Å². The van der Waals surface area contributed by atoms with Gasteiger partial charge in [0.2, 0.25) is 0 Å². The van der Waals surface area contributed by atoms with Crippen LogP contribution in [0.15, 0.2) is 71.1 Å². The van der Waals surface area contributed by atoms with Gasteiger partial charge in [0.15, 0.2) is 11.8 Å². The van der Waals surface area contributed by atoms with Crippen LogP contribution in [0, 0.1) is 0 Å². The summed E-state index contributed by atoms with van der Waals surface area (Å²) in [4.78, 5) is 30.0. The lowest BCUT2D eigenvalue weighted by Gasteiger charge is -2.12. The van der Waals surface area contributed by atoms with E-state index in [0.29, 0.717) is 27.1 Å². The molecule has 0 radical (unpaired) electrons. The number of hydrogen-bond donors (Lipinski definition) is 2. The number of thioether (sulfide) groups is 1. The number of benzene rings is 2. The van der Waals surface area contributed by atoms with Gasteiger partial charge in [-0.3, -0.25) is 9.69 Å². The fourth-order valence-electron chi connectivity index (χ4n) is 2.57. The Morgan fingerprint density at radius 3 is 2.76 bits per heavy atom. The number of carboxylic acids is 1. The van der Waals surface area contributed by atoms with Crippen LogP contribution in [0.5, 0.6) is 11.5 Å². The van der Waals surface area contributed by atoms with Crippen LogP contribution in [0.25, 0.3) is 6.08 Å². The Morgan fingerprint density at radius 2 is 2.03 bits per heavy atom. The zero-order valence-electron chi connectivity index (χ0n) is 15.3. The largest absolute Gasteiger partial charge is 0.508 e. The number of ether oxygens (including phenoxy) is 1. The van der Waals surface area contributed by atoms with Crippen molar-refractivity contribution in [1.29, 1.82) is 0 Å². The Morgan fingerprint density at radius 1 is 1.24 bits per heavy atom.